The molecule has 0 radical (unpaired) electrons. The molecule has 2 N–H and O–H groups in total. The molecule has 0 aliphatic carbocycles. The Hall–Kier alpha value is -1.58. The largest absolute Gasteiger partial charge is 0.399 e. The lowest BCUT2D eigenvalue weighted by atomic mass is 10.3. The molecule has 1 aromatic rings. The number of nitro groups is 1. The van der Waals surface area contributed by atoms with Crippen molar-refractivity contribution >= 4 is 11.4 Å². The summed E-state index contributed by atoms with van der Waals surface area (Å²) < 4.78 is 0. The molecule has 0 saturated heterocycles. The molecule has 0 atom stereocenters. The van der Waals surface area contributed by atoms with Gasteiger partial charge in [0.05, 0.1) is 4.92 Å². The van der Waals surface area contributed by atoms with Crippen LogP contribution in [0.15, 0.2) is 24.3 Å². The molecule has 0 aliphatic rings. The van der Waals surface area contributed by atoms with Crippen LogP contribution in [-0.2, 0) is 0 Å². The summed E-state index contributed by atoms with van der Waals surface area (Å²) in [7, 11) is 0. The topological polar surface area (TPSA) is 69.2 Å². The lowest BCUT2D eigenvalue weighted by Crippen LogP contribution is -1.88. The monoisotopic (exact) mass is 182 g/mol. The summed E-state index contributed by atoms with van der Waals surface area (Å²) in [6.45, 7) is 4.25. The van der Waals surface area contributed by atoms with Crippen LogP contribution in [0.5, 0.6) is 0 Å². The third-order valence-electron chi connectivity index (χ3n) is 1.10. The molecule has 0 fully saturated rings. The third kappa shape index (κ3) is 4.79. The Kier molecular flexibility index (Phi) is 5.27. The second kappa shape index (κ2) is 5.99. The number of nitro benzene ring substituents is 1. The van der Waals surface area contributed by atoms with E-state index < -0.39 is 4.92 Å². The molecule has 0 aromatic heterocycles. The third-order valence-corrected chi connectivity index (χ3v) is 1.10. The van der Waals surface area contributed by atoms with E-state index in [1.807, 2.05) is 0 Å². The first-order valence-electron chi connectivity index (χ1n) is 4.11. The molecule has 0 amide bonds. The quantitative estimate of drug-likeness (QED) is 0.412. The first-order valence-corrected chi connectivity index (χ1v) is 4.11. The van der Waals surface area contributed by atoms with Crippen molar-refractivity contribution in [3.63, 3.8) is 0 Å². The standard InChI is InChI=1S/C6H6N2O2.C3H8/c7-5-1-3-6(4-2-5)8(9)10;1-3-2/h1-4H,7H2;3H2,1-2H3. The number of rotatable bonds is 1. The van der Waals surface area contributed by atoms with Gasteiger partial charge >= 0.3 is 0 Å². The van der Waals surface area contributed by atoms with Crippen LogP contribution in [0.25, 0.3) is 0 Å². The second-order valence-corrected chi connectivity index (χ2v) is 2.56. The van der Waals surface area contributed by atoms with E-state index in [1.165, 1.54) is 30.7 Å². The Balaban J connectivity index is 0.000000424. The number of benzene rings is 1. The number of non-ortho nitro benzene ring substituents is 1. The fourth-order valence-corrected chi connectivity index (χ4v) is 0.596. The molecule has 0 heterocycles. The molecule has 4 heteroatoms. The molecular weight excluding hydrogens is 168 g/mol. The Morgan fingerprint density at radius 1 is 1.31 bits per heavy atom. The average Bonchev–Trinajstić information content (AvgIpc) is 2.06. The van der Waals surface area contributed by atoms with Crippen LogP contribution in [0.4, 0.5) is 11.4 Å². The lowest BCUT2D eigenvalue weighted by molar-refractivity contribution is -0.384. The highest BCUT2D eigenvalue weighted by molar-refractivity contribution is 5.44. The summed E-state index contributed by atoms with van der Waals surface area (Å²) in [5, 5.41) is 10.1. The van der Waals surface area contributed by atoms with E-state index >= 15 is 0 Å². The van der Waals surface area contributed by atoms with E-state index in [1.54, 1.807) is 0 Å². The van der Waals surface area contributed by atoms with Crippen molar-refractivity contribution < 1.29 is 4.92 Å². The maximum atomic E-state index is 10.1. The van der Waals surface area contributed by atoms with Gasteiger partial charge in [0.1, 0.15) is 0 Å². The molecule has 72 valence electrons. The minimum absolute atomic E-state index is 0.0641. The molecule has 0 spiro atoms. The van der Waals surface area contributed by atoms with E-state index in [9.17, 15) is 10.1 Å². The van der Waals surface area contributed by atoms with Crippen molar-refractivity contribution in [1.82, 2.24) is 0 Å². The van der Waals surface area contributed by atoms with Crippen LogP contribution < -0.4 is 5.73 Å². The Morgan fingerprint density at radius 3 is 2.00 bits per heavy atom. The van der Waals surface area contributed by atoms with Gasteiger partial charge in [-0.25, -0.2) is 0 Å². The first kappa shape index (κ1) is 11.4. The van der Waals surface area contributed by atoms with Gasteiger partial charge in [-0.05, 0) is 12.1 Å². The highest BCUT2D eigenvalue weighted by atomic mass is 16.6. The van der Waals surface area contributed by atoms with E-state index in [0.29, 0.717) is 5.69 Å². The number of hydrogen-bond acceptors (Lipinski definition) is 3. The summed E-state index contributed by atoms with van der Waals surface area (Å²) in [6, 6.07) is 5.74. The van der Waals surface area contributed by atoms with Crippen LogP contribution in [-0.4, -0.2) is 4.92 Å². The molecule has 0 aliphatic heterocycles. The smallest absolute Gasteiger partial charge is 0.269 e. The van der Waals surface area contributed by atoms with Gasteiger partial charge in [-0.15, -0.1) is 0 Å². The zero-order chi connectivity index (χ0) is 10.3. The fourth-order valence-electron chi connectivity index (χ4n) is 0.596. The summed E-state index contributed by atoms with van der Waals surface area (Å²) >= 11 is 0. The van der Waals surface area contributed by atoms with Gasteiger partial charge in [-0.2, -0.15) is 0 Å². The van der Waals surface area contributed by atoms with Crippen molar-refractivity contribution in [3.05, 3.63) is 34.4 Å². The van der Waals surface area contributed by atoms with Gasteiger partial charge < -0.3 is 5.73 Å². The second-order valence-electron chi connectivity index (χ2n) is 2.56. The van der Waals surface area contributed by atoms with Crippen molar-refractivity contribution in [2.24, 2.45) is 0 Å². The van der Waals surface area contributed by atoms with Gasteiger partial charge in [0.15, 0.2) is 0 Å². The van der Waals surface area contributed by atoms with Crippen molar-refractivity contribution in [3.8, 4) is 0 Å². The van der Waals surface area contributed by atoms with Crippen molar-refractivity contribution in [2.45, 2.75) is 20.3 Å². The van der Waals surface area contributed by atoms with Crippen LogP contribution in [0.3, 0.4) is 0 Å². The molecule has 0 saturated carbocycles. The summed E-state index contributed by atoms with van der Waals surface area (Å²) in [4.78, 5) is 9.62. The Morgan fingerprint density at radius 2 is 1.69 bits per heavy atom. The minimum Gasteiger partial charge on any atom is -0.399 e. The number of nitrogens with zero attached hydrogens (tertiary/aromatic N) is 1. The molecule has 13 heavy (non-hydrogen) atoms. The Bertz CT molecular complexity index is 257. The van der Waals surface area contributed by atoms with Crippen LogP contribution in [0, 0.1) is 10.1 Å². The van der Waals surface area contributed by atoms with Crippen LogP contribution in [0.2, 0.25) is 0 Å². The molecular formula is C9H14N2O2. The maximum absolute atomic E-state index is 10.1. The van der Waals surface area contributed by atoms with Crippen molar-refractivity contribution in [2.75, 3.05) is 5.73 Å². The van der Waals surface area contributed by atoms with Gasteiger partial charge in [0.2, 0.25) is 0 Å². The summed E-state index contributed by atoms with van der Waals surface area (Å²) in [5.74, 6) is 0. The van der Waals surface area contributed by atoms with Gasteiger partial charge in [-0.1, -0.05) is 20.3 Å². The first-order chi connectivity index (χ1) is 6.11. The summed E-state index contributed by atoms with van der Waals surface area (Å²) in [6.07, 6.45) is 1.25. The zero-order valence-corrected chi connectivity index (χ0v) is 7.86. The highest BCUT2D eigenvalue weighted by Gasteiger charge is 2.00. The maximum Gasteiger partial charge on any atom is 0.269 e. The lowest BCUT2D eigenvalue weighted by Gasteiger charge is -1.90. The molecule has 0 bridgehead atoms. The average molecular weight is 182 g/mol. The van der Waals surface area contributed by atoms with Gasteiger partial charge in [-0.3, -0.25) is 10.1 Å². The van der Waals surface area contributed by atoms with Crippen molar-refractivity contribution in [1.29, 1.82) is 0 Å². The van der Waals surface area contributed by atoms with Crippen LogP contribution >= 0.6 is 0 Å². The Labute approximate surface area is 77.5 Å². The predicted molar refractivity (Wildman–Crippen MR) is 53.5 cm³/mol. The number of hydrogen-bond donors (Lipinski definition) is 1. The molecule has 4 nitrogen and oxygen atoms in total. The summed E-state index contributed by atoms with van der Waals surface area (Å²) in [5.41, 5.74) is 5.90. The molecule has 1 aromatic carbocycles. The number of nitrogen functional groups attached to an aromatic ring is 1. The van der Waals surface area contributed by atoms with E-state index in [2.05, 4.69) is 13.8 Å². The zero-order valence-electron chi connectivity index (χ0n) is 7.86. The minimum atomic E-state index is -0.459. The number of nitrogens with two attached hydrogens (primary N) is 1. The predicted octanol–water partition coefficient (Wildman–Crippen LogP) is 2.59. The van der Waals surface area contributed by atoms with E-state index in [4.69, 9.17) is 5.73 Å². The van der Waals surface area contributed by atoms with Gasteiger partial charge in [0, 0.05) is 17.8 Å². The number of anilines is 1. The molecule has 1 rings (SSSR count). The normalized spacial score (nSPS) is 8.46. The molecule has 0 unspecified atom stereocenters. The van der Waals surface area contributed by atoms with Gasteiger partial charge in [0.25, 0.3) is 5.69 Å². The SMILES string of the molecule is CCC.Nc1ccc([N+](=O)[O-])cc1. The fraction of sp³-hybridized carbons (Fsp3) is 0.333. The van der Waals surface area contributed by atoms with E-state index in [-0.39, 0.29) is 5.69 Å². The highest BCUT2D eigenvalue weighted by Crippen LogP contribution is 2.11. The van der Waals surface area contributed by atoms with E-state index in [0.717, 1.165) is 0 Å². The van der Waals surface area contributed by atoms with Crippen LogP contribution in [0.1, 0.15) is 20.3 Å².